The van der Waals surface area contributed by atoms with Crippen molar-refractivity contribution in [3.8, 4) is 0 Å². The van der Waals surface area contributed by atoms with E-state index < -0.39 is 0 Å². The van der Waals surface area contributed by atoms with Crippen molar-refractivity contribution in [1.29, 1.82) is 0 Å². The highest BCUT2D eigenvalue weighted by Gasteiger charge is 2.22. The van der Waals surface area contributed by atoms with Crippen LogP contribution in [0.2, 0.25) is 0 Å². The molecule has 1 nitrogen and oxygen atoms in total. The largest absolute Gasteiger partial charge is 0.441 e. The number of fused-ring (bicyclic) bond motifs is 3. The summed E-state index contributed by atoms with van der Waals surface area (Å²) in [6.07, 6.45) is 6.40. The van der Waals surface area contributed by atoms with Gasteiger partial charge in [0.1, 0.15) is 0 Å². The van der Waals surface area contributed by atoms with Crippen molar-refractivity contribution in [2.24, 2.45) is 5.92 Å². The molecule has 0 spiro atoms. The van der Waals surface area contributed by atoms with Gasteiger partial charge in [0.25, 0.3) is 0 Å². The van der Waals surface area contributed by atoms with E-state index in [1.165, 1.54) is 37.7 Å². The second-order valence-corrected chi connectivity index (χ2v) is 7.76. The third-order valence-corrected chi connectivity index (χ3v) is 6.24. The fraction of sp³-hybridized carbons (Fsp3) is 0.409. The predicted octanol–water partition coefficient (Wildman–Crippen LogP) is 7.45. The lowest BCUT2D eigenvalue weighted by Gasteiger charge is -2.28. The van der Waals surface area contributed by atoms with Crippen LogP contribution in [0.4, 0.5) is 4.39 Å². The lowest BCUT2D eigenvalue weighted by Crippen LogP contribution is -2.12. The number of benzene rings is 2. The summed E-state index contributed by atoms with van der Waals surface area (Å²) in [6, 6.07) is 10.2. The van der Waals surface area contributed by atoms with Crippen LogP contribution in [0.25, 0.3) is 21.7 Å². The van der Waals surface area contributed by atoms with Crippen LogP contribution in [0.3, 0.4) is 0 Å². The van der Waals surface area contributed by atoms with Crippen molar-refractivity contribution < 1.29 is 8.81 Å². The van der Waals surface area contributed by atoms with E-state index in [2.05, 4.69) is 25.1 Å². The zero-order valence-electron chi connectivity index (χ0n) is 14.8. The molecule has 0 radical (unpaired) electrons. The molecule has 0 atom stereocenters. The first-order chi connectivity index (χ1) is 12.1. The van der Waals surface area contributed by atoms with Gasteiger partial charge in [-0.25, -0.2) is 4.39 Å². The Kier molecular flexibility index (Phi) is 4.36. The summed E-state index contributed by atoms with van der Waals surface area (Å²) in [7, 11) is 0. The average molecular weight is 354 g/mol. The monoisotopic (exact) mass is 354 g/mol. The molecule has 1 fully saturated rings. The van der Waals surface area contributed by atoms with Crippen LogP contribution in [0, 0.1) is 23.4 Å². The average Bonchev–Trinajstić information content (AvgIpc) is 2.65. The molecule has 3 aromatic rings. The number of halogens is 1. The zero-order valence-corrected chi connectivity index (χ0v) is 15.6. The third-order valence-electron chi connectivity index (χ3n) is 5.93. The normalized spacial score (nSPS) is 21.1. The van der Waals surface area contributed by atoms with Crippen molar-refractivity contribution in [2.45, 2.75) is 51.9 Å². The highest BCUT2D eigenvalue weighted by atomic mass is 32.1. The number of hydrogen-bond acceptors (Lipinski definition) is 2. The molecular weight excluding hydrogens is 331 g/mol. The molecule has 0 N–H and O–H groups in total. The van der Waals surface area contributed by atoms with E-state index in [1.54, 1.807) is 13.0 Å². The van der Waals surface area contributed by atoms with E-state index in [4.69, 9.17) is 16.6 Å². The van der Waals surface area contributed by atoms with Crippen LogP contribution in [-0.2, 0) is 0 Å². The minimum atomic E-state index is -0.313. The van der Waals surface area contributed by atoms with E-state index in [9.17, 15) is 4.39 Å². The molecule has 3 heteroatoms. The summed E-state index contributed by atoms with van der Waals surface area (Å²) in [5.41, 5.74) is 2.19. The Morgan fingerprint density at radius 3 is 2.48 bits per heavy atom. The lowest BCUT2D eigenvalue weighted by atomic mass is 9.77. The molecule has 1 heterocycles. The van der Waals surface area contributed by atoms with Crippen molar-refractivity contribution in [3.05, 3.63) is 52.0 Å². The standard InChI is InChI=1S/C22H23FOS/c1-3-14-5-7-15(8-6-14)16-9-11-17-18-10-4-13(2)20(23)21(18)24-22(25)19(17)12-16/h4,9-12,14-15H,3,5-8H2,1-2H3. The zero-order chi connectivity index (χ0) is 17.6. The van der Waals surface area contributed by atoms with Crippen LogP contribution in [0.15, 0.2) is 34.7 Å². The summed E-state index contributed by atoms with van der Waals surface area (Å²) in [6.45, 7) is 4.03. The van der Waals surface area contributed by atoms with Crippen LogP contribution < -0.4 is 0 Å². The molecule has 2 aromatic carbocycles. The molecule has 1 saturated carbocycles. The molecule has 0 unspecified atom stereocenters. The highest BCUT2D eigenvalue weighted by molar-refractivity contribution is 7.71. The Bertz CT molecular complexity index is 996. The van der Waals surface area contributed by atoms with Gasteiger partial charge in [-0.2, -0.15) is 0 Å². The van der Waals surface area contributed by atoms with E-state index in [0.717, 1.165) is 22.1 Å². The van der Waals surface area contributed by atoms with Gasteiger partial charge in [0.05, 0.1) is 0 Å². The summed E-state index contributed by atoms with van der Waals surface area (Å²) >= 11 is 5.45. The molecule has 1 aliphatic rings. The summed E-state index contributed by atoms with van der Waals surface area (Å²) in [5.74, 6) is 1.18. The fourth-order valence-corrected chi connectivity index (χ4v) is 4.49. The first kappa shape index (κ1) is 16.7. The maximum absolute atomic E-state index is 14.4. The van der Waals surface area contributed by atoms with Gasteiger partial charge in [-0.15, -0.1) is 0 Å². The second-order valence-electron chi connectivity index (χ2n) is 7.39. The third kappa shape index (κ3) is 2.89. The van der Waals surface area contributed by atoms with Crippen LogP contribution in [-0.4, -0.2) is 0 Å². The maximum Gasteiger partial charge on any atom is 0.198 e. The minimum Gasteiger partial charge on any atom is -0.441 e. The van der Waals surface area contributed by atoms with E-state index in [1.807, 2.05) is 6.07 Å². The summed E-state index contributed by atoms with van der Waals surface area (Å²) in [4.78, 5) is 0. The Labute approximate surface area is 152 Å². The minimum absolute atomic E-state index is 0.272. The molecule has 0 saturated heterocycles. The Hall–Kier alpha value is -1.74. The van der Waals surface area contributed by atoms with Gasteiger partial charge in [-0.3, -0.25) is 0 Å². The molecule has 0 bridgehead atoms. The van der Waals surface area contributed by atoms with Crippen LogP contribution in [0.5, 0.6) is 0 Å². The van der Waals surface area contributed by atoms with Gasteiger partial charge in [0.2, 0.25) is 0 Å². The Morgan fingerprint density at radius 2 is 1.76 bits per heavy atom. The van der Waals surface area contributed by atoms with Crippen molar-refractivity contribution >= 4 is 34.0 Å². The van der Waals surface area contributed by atoms with Crippen molar-refractivity contribution in [3.63, 3.8) is 0 Å². The molecule has 1 aromatic heterocycles. The van der Waals surface area contributed by atoms with Gasteiger partial charge in [-0.05, 0) is 79.2 Å². The summed E-state index contributed by atoms with van der Waals surface area (Å²) < 4.78 is 20.5. The molecule has 0 aliphatic heterocycles. The first-order valence-corrected chi connectivity index (χ1v) is 9.65. The first-order valence-electron chi connectivity index (χ1n) is 9.24. The molecule has 130 valence electrons. The fourth-order valence-electron chi connectivity index (χ4n) is 4.24. The van der Waals surface area contributed by atoms with Gasteiger partial charge < -0.3 is 4.42 Å². The summed E-state index contributed by atoms with van der Waals surface area (Å²) in [5, 5.41) is 2.71. The number of rotatable bonds is 2. The van der Waals surface area contributed by atoms with Crippen molar-refractivity contribution in [1.82, 2.24) is 0 Å². The lowest BCUT2D eigenvalue weighted by molar-refractivity contribution is 0.319. The Balaban J connectivity index is 1.82. The SMILES string of the molecule is CCC1CCC(c2ccc3c(c2)c(=S)oc2c(F)c(C)ccc23)CC1. The van der Waals surface area contributed by atoms with Gasteiger partial charge in [0.15, 0.2) is 16.1 Å². The van der Waals surface area contributed by atoms with Gasteiger partial charge in [-0.1, -0.05) is 37.6 Å². The highest BCUT2D eigenvalue weighted by Crippen LogP contribution is 2.39. The molecular formula is C22H23FOS. The molecule has 4 rings (SSSR count). The van der Waals surface area contributed by atoms with Gasteiger partial charge in [0, 0.05) is 10.8 Å². The van der Waals surface area contributed by atoms with E-state index >= 15 is 0 Å². The van der Waals surface area contributed by atoms with Crippen LogP contribution >= 0.6 is 12.2 Å². The van der Waals surface area contributed by atoms with Crippen molar-refractivity contribution in [2.75, 3.05) is 0 Å². The topological polar surface area (TPSA) is 13.1 Å². The van der Waals surface area contributed by atoms with E-state index in [-0.39, 0.29) is 11.4 Å². The van der Waals surface area contributed by atoms with Gasteiger partial charge >= 0.3 is 0 Å². The Morgan fingerprint density at radius 1 is 1.04 bits per heavy atom. The smallest absolute Gasteiger partial charge is 0.198 e. The molecule has 1 aliphatic carbocycles. The number of aryl methyl sites for hydroxylation is 1. The molecule has 0 amide bonds. The molecule has 25 heavy (non-hydrogen) atoms. The predicted molar refractivity (Wildman–Crippen MR) is 104 cm³/mol. The quantitative estimate of drug-likeness (QED) is 0.350. The van der Waals surface area contributed by atoms with Crippen LogP contribution in [0.1, 0.15) is 56.1 Å². The maximum atomic E-state index is 14.4. The van der Waals surface area contributed by atoms with E-state index in [0.29, 0.717) is 16.2 Å². The number of hydrogen-bond donors (Lipinski definition) is 0. The second kappa shape index (κ2) is 6.53.